The fourth-order valence-electron chi connectivity index (χ4n) is 3.76. The van der Waals surface area contributed by atoms with Crippen molar-refractivity contribution in [1.29, 1.82) is 0 Å². The summed E-state index contributed by atoms with van der Waals surface area (Å²) in [5, 5.41) is 15.0. The number of allylic oxidation sites excluding steroid dienone is 1. The Labute approximate surface area is 212 Å². The summed E-state index contributed by atoms with van der Waals surface area (Å²) in [4.78, 5) is 26.0. The fourth-order valence-corrected chi connectivity index (χ4v) is 4.18. The van der Waals surface area contributed by atoms with Gasteiger partial charge in [0.1, 0.15) is 6.61 Å². The third-order valence-corrected chi connectivity index (χ3v) is 6.10. The van der Waals surface area contributed by atoms with Gasteiger partial charge in [0.15, 0.2) is 5.82 Å². The van der Waals surface area contributed by atoms with Crippen molar-refractivity contribution in [3.63, 3.8) is 0 Å². The summed E-state index contributed by atoms with van der Waals surface area (Å²) >= 11 is 12.8. The van der Waals surface area contributed by atoms with Gasteiger partial charge in [-0.25, -0.2) is 14.3 Å². The van der Waals surface area contributed by atoms with E-state index in [1.54, 1.807) is 32.0 Å². The lowest BCUT2D eigenvalue weighted by Gasteiger charge is -2.31. The predicted molar refractivity (Wildman–Crippen MR) is 127 cm³/mol. The second kappa shape index (κ2) is 12.1. The Morgan fingerprint density at radius 2 is 1.97 bits per heavy atom. The van der Waals surface area contributed by atoms with Gasteiger partial charge in [-0.05, 0) is 35.9 Å². The lowest BCUT2D eigenvalue weighted by Crippen LogP contribution is -2.35. The van der Waals surface area contributed by atoms with Gasteiger partial charge in [0, 0.05) is 12.2 Å². The number of hydrogen-bond acceptors (Lipinski definition) is 10. The van der Waals surface area contributed by atoms with Gasteiger partial charge in [-0.1, -0.05) is 35.3 Å². The molecule has 0 bridgehead atoms. The van der Waals surface area contributed by atoms with Crippen LogP contribution < -0.4 is 11.1 Å². The zero-order chi connectivity index (χ0) is 25.5. The van der Waals surface area contributed by atoms with Crippen LogP contribution in [-0.4, -0.2) is 59.0 Å². The molecule has 0 saturated carbocycles. The van der Waals surface area contributed by atoms with E-state index >= 15 is 0 Å². The lowest BCUT2D eigenvalue weighted by molar-refractivity contribution is -0.139. The van der Waals surface area contributed by atoms with Gasteiger partial charge in [0.25, 0.3) is 0 Å². The number of nitrogens with two attached hydrogens (primary N) is 1. The molecule has 0 spiro atoms. The standard InChI is InChI=1S/C22H26Cl2N6O5/c1-4-35-22(32)19-15(10-34-11-16-27-28-29-30(16)9-8-25)26-12(2)17(21(31)33-3)18(19)13-6-5-7-14(23)20(13)24/h5-7,18,26H,4,8-11,25H2,1-3H3. The Kier molecular flexibility index (Phi) is 9.21. The average molecular weight is 525 g/mol. The van der Waals surface area contributed by atoms with Crippen LogP contribution in [0.15, 0.2) is 40.7 Å². The van der Waals surface area contributed by atoms with E-state index in [1.165, 1.54) is 11.8 Å². The summed E-state index contributed by atoms with van der Waals surface area (Å²) in [5.41, 5.74) is 7.26. The number of esters is 2. The smallest absolute Gasteiger partial charge is 0.336 e. The van der Waals surface area contributed by atoms with Crippen molar-refractivity contribution >= 4 is 35.1 Å². The summed E-state index contributed by atoms with van der Waals surface area (Å²) < 4.78 is 17.7. The van der Waals surface area contributed by atoms with Crippen LogP contribution in [0.5, 0.6) is 0 Å². The van der Waals surface area contributed by atoms with E-state index in [0.29, 0.717) is 35.9 Å². The second-order valence-corrected chi connectivity index (χ2v) is 8.23. The Morgan fingerprint density at radius 1 is 1.20 bits per heavy atom. The van der Waals surface area contributed by atoms with Crippen molar-refractivity contribution in [3.05, 3.63) is 62.2 Å². The molecule has 1 aromatic heterocycles. The quantitative estimate of drug-likeness (QED) is 0.443. The summed E-state index contributed by atoms with van der Waals surface area (Å²) in [7, 11) is 1.26. The lowest BCUT2D eigenvalue weighted by atomic mass is 9.80. The Morgan fingerprint density at radius 3 is 2.66 bits per heavy atom. The summed E-state index contributed by atoms with van der Waals surface area (Å²) in [6.07, 6.45) is 0. The van der Waals surface area contributed by atoms with Crippen LogP contribution in [0.25, 0.3) is 0 Å². The molecule has 0 amide bonds. The minimum absolute atomic E-state index is 0.0376. The van der Waals surface area contributed by atoms with E-state index in [0.717, 1.165) is 0 Å². The molecular formula is C22H26Cl2N6O5. The number of hydrogen-bond donors (Lipinski definition) is 2. The van der Waals surface area contributed by atoms with Crippen molar-refractivity contribution in [2.45, 2.75) is 32.9 Å². The first-order valence-corrected chi connectivity index (χ1v) is 11.5. The first kappa shape index (κ1) is 26.6. The number of tetrazole rings is 1. The minimum atomic E-state index is -0.907. The zero-order valence-corrected chi connectivity index (χ0v) is 21.0. The number of rotatable bonds is 10. The number of carbonyl (C=O) groups is 2. The van der Waals surface area contributed by atoms with Gasteiger partial charge in [0.2, 0.25) is 0 Å². The molecule has 11 nitrogen and oxygen atoms in total. The van der Waals surface area contributed by atoms with E-state index in [-0.39, 0.29) is 41.0 Å². The molecule has 1 atom stereocenters. The van der Waals surface area contributed by atoms with Crippen LogP contribution >= 0.6 is 23.2 Å². The highest BCUT2D eigenvalue weighted by atomic mass is 35.5. The molecule has 1 aliphatic rings. The first-order chi connectivity index (χ1) is 16.8. The van der Waals surface area contributed by atoms with Crippen LogP contribution in [0.1, 0.15) is 31.2 Å². The Bertz CT molecular complexity index is 1160. The molecule has 3 N–H and O–H groups in total. The third-order valence-electron chi connectivity index (χ3n) is 5.26. The first-order valence-electron chi connectivity index (χ1n) is 10.8. The zero-order valence-electron chi connectivity index (χ0n) is 19.5. The van der Waals surface area contributed by atoms with E-state index < -0.39 is 17.9 Å². The summed E-state index contributed by atoms with van der Waals surface area (Å²) in [6, 6.07) is 5.00. The molecule has 0 aliphatic carbocycles. The molecule has 35 heavy (non-hydrogen) atoms. The molecule has 0 radical (unpaired) electrons. The largest absolute Gasteiger partial charge is 0.466 e. The summed E-state index contributed by atoms with van der Waals surface area (Å²) in [5.74, 6) is -1.70. The van der Waals surface area contributed by atoms with Crippen molar-refractivity contribution in [3.8, 4) is 0 Å². The molecule has 1 unspecified atom stereocenters. The molecule has 1 aromatic carbocycles. The molecule has 1 aliphatic heterocycles. The molecular weight excluding hydrogens is 499 g/mol. The normalized spacial score (nSPS) is 15.8. The topological polar surface area (TPSA) is 143 Å². The molecule has 188 valence electrons. The van der Waals surface area contributed by atoms with Crippen LogP contribution in [0.3, 0.4) is 0 Å². The van der Waals surface area contributed by atoms with Gasteiger partial charge < -0.3 is 25.3 Å². The second-order valence-electron chi connectivity index (χ2n) is 7.44. The van der Waals surface area contributed by atoms with Crippen molar-refractivity contribution < 1.29 is 23.8 Å². The van der Waals surface area contributed by atoms with E-state index in [9.17, 15) is 9.59 Å². The van der Waals surface area contributed by atoms with Crippen molar-refractivity contribution in [2.75, 3.05) is 26.9 Å². The van der Waals surface area contributed by atoms with Crippen LogP contribution in [0, 0.1) is 0 Å². The van der Waals surface area contributed by atoms with Crippen LogP contribution in [0.4, 0.5) is 0 Å². The maximum absolute atomic E-state index is 13.2. The van der Waals surface area contributed by atoms with E-state index in [2.05, 4.69) is 20.8 Å². The molecule has 2 aromatic rings. The maximum atomic E-state index is 13.2. The van der Waals surface area contributed by atoms with Gasteiger partial charge in [0.05, 0.1) is 59.7 Å². The van der Waals surface area contributed by atoms with Crippen molar-refractivity contribution in [1.82, 2.24) is 25.5 Å². The van der Waals surface area contributed by atoms with Gasteiger partial charge >= 0.3 is 11.9 Å². The molecule has 0 fully saturated rings. The van der Waals surface area contributed by atoms with E-state index in [4.69, 9.17) is 43.1 Å². The number of aromatic nitrogens is 4. The third kappa shape index (κ3) is 5.81. The maximum Gasteiger partial charge on any atom is 0.336 e. The Hall–Kier alpha value is -2.99. The molecule has 13 heteroatoms. The number of nitrogens with zero attached hydrogens (tertiary/aromatic N) is 4. The van der Waals surface area contributed by atoms with E-state index in [1.807, 2.05) is 0 Å². The number of halogens is 2. The SMILES string of the molecule is CCOC(=O)C1=C(COCc2nnnn2CCN)NC(C)=C(C(=O)OC)C1c1cccc(Cl)c1Cl. The Balaban J connectivity index is 2.06. The number of dihydropyridines is 1. The average Bonchev–Trinajstić information content (AvgIpc) is 3.27. The fraction of sp³-hybridized carbons (Fsp3) is 0.409. The van der Waals surface area contributed by atoms with Crippen LogP contribution in [0.2, 0.25) is 10.0 Å². The highest BCUT2D eigenvalue weighted by molar-refractivity contribution is 6.42. The highest BCUT2D eigenvalue weighted by Crippen LogP contribution is 2.43. The van der Waals surface area contributed by atoms with Gasteiger partial charge in [-0.15, -0.1) is 5.10 Å². The molecule has 2 heterocycles. The predicted octanol–water partition coefficient (Wildman–Crippen LogP) is 2.11. The minimum Gasteiger partial charge on any atom is -0.466 e. The molecule has 3 rings (SSSR count). The number of ether oxygens (including phenoxy) is 3. The van der Waals surface area contributed by atoms with Gasteiger partial charge in [-0.3, -0.25) is 0 Å². The number of carbonyl (C=O) groups excluding carboxylic acids is 2. The van der Waals surface area contributed by atoms with Crippen molar-refractivity contribution in [2.24, 2.45) is 5.73 Å². The number of methoxy groups -OCH3 is 1. The number of benzene rings is 1. The highest BCUT2D eigenvalue weighted by Gasteiger charge is 2.40. The number of nitrogens with one attached hydrogen (secondary N) is 1. The summed E-state index contributed by atoms with van der Waals surface area (Å²) in [6.45, 7) is 4.32. The molecule has 0 saturated heterocycles. The van der Waals surface area contributed by atoms with Gasteiger partial charge in [-0.2, -0.15) is 0 Å². The monoisotopic (exact) mass is 524 g/mol. The van der Waals surface area contributed by atoms with Crippen LogP contribution in [-0.2, 0) is 37.0 Å².